The Morgan fingerprint density at radius 1 is 1.07 bits per heavy atom. The Hall–Kier alpha value is -2.67. The van der Waals surface area contributed by atoms with Crippen LogP contribution < -0.4 is 5.43 Å². The third kappa shape index (κ3) is 5.23. The number of rotatable bonds is 6. The van der Waals surface area contributed by atoms with Gasteiger partial charge in [0, 0.05) is 60.4 Å². The maximum absolute atomic E-state index is 12.2. The molecular weight excluding hydrogens is 386 g/mol. The van der Waals surface area contributed by atoms with Gasteiger partial charge in [0.15, 0.2) is 0 Å². The molecule has 7 heteroatoms. The van der Waals surface area contributed by atoms with Crippen LogP contribution in [0.1, 0.15) is 11.1 Å². The number of piperazine rings is 1. The van der Waals surface area contributed by atoms with Gasteiger partial charge in [0.25, 0.3) is 5.91 Å². The number of hydrazone groups is 1. The van der Waals surface area contributed by atoms with Crippen molar-refractivity contribution >= 4 is 34.6 Å². The topological polar surface area (TPSA) is 63.7 Å². The molecule has 0 atom stereocenters. The van der Waals surface area contributed by atoms with Crippen LogP contribution in [0.3, 0.4) is 0 Å². The zero-order valence-electron chi connectivity index (χ0n) is 16.1. The highest BCUT2D eigenvalue weighted by Crippen LogP contribution is 2.15. The summed E-state index contributed by atoms with van der Waals surface area (Å²) in [5.41, 5.74) is 5.90. The van der Waals surface area contributed by atoms with E-state index >= 15 is 0 Å². The summed E-state index contributed by atoms with van der Waals surface area (Å²) in [6.45, 7) is 4.88. The van der Waals surface area contributed by atoms with Gasteiger partial charge in [-0.3, -0.25) is 14.6 Å². The van der Waals surface area contributed by atoms with Crippen molar-refractivity contribution in [3.05, 3.63) is 70.9 Å². The van der Waals surface area contributed by atoms with Crippen molar-refractivity contribution in [2.75, 3.05) is 32.7 Å². The average Bonchev–Trinajstić information content (AvgIpc) is 3.14. The Balaban J connectivity index is 1.21. The second kappa shape index (κ2) is 9.22. The van der Waals surface area contributed by atoms with E-state index in [1.54, 1.807) is 6.21 Å². The van der Waals surface area contributed by atoms with E-state index in [0.717, 1.165) is 54.2 Å². The molecule has 2 aromatic carbocycles. The summed E-state index contributed by atoms with van der Waals surface area (Å²) >= 11 is 5.94. The number of amides is 1. The number of H-pyrrole nitrogens is 1. The number of para-hydroxylation sites is 1. The minimum atomic E-state index is -0.0905. The van der Waals surface area contributed by atoms with Gasteiger partial charge in [-0.05, 0) is 23.8 Å². The number of nitrogens with one attached hydrogen (secondary N) is 2. The number of hydrogen-bond acceptors (Lipinski definition) is 4. The maximum atomic E-state index is 12.2. The first-order chi connectivity index (χ1) is 14.2. The van der Waals surface area contributed by atoms with Crippen LogP contribution >= 0.6 is 11.6 Å². The lowest BCUT2D eigenvalue weighted by atomic mass is 10.2. The van der Waals surface area contributed by atoms with Gasteiger partial charge in [0.1, 0.15) is 0 Å². The Morgan fingerprint density at radius 2 is 1.79 bits per heavy atom. The van der Waals surface area contributed by atoms with Crippen LogP contribution in [0.15, 0.2) is 59.8 Å². The van der Waals surface area contributed by atoms with Crippen LogP contribution in [0.2, 0.25) is 5.02 Å². The van der Waals surface area contributed by atoms with Gasteiger partial charge in [-0.25, -0.2) is 5.43 Å². The van der Waals surface area contributed by atoms with Gasteiger partial charge < -0.3 is 4.98 Å². The molecule has 0 saturated carbocycles. The number of halogens is 1. The second-order valence-corrected chi connectivity index (χ2v) is 7.70. The predicted octanol–water partition coefficient (Wildman–Crippen LogP) is 3.09. The molecular formula is C22H24ClN5O. The van der Waals surface area contributed by atoms with E-state index in [1.165, 1.54) is 5.56 Å². The fourth-order valence-electron chi connectivity index (χ4n) is 3.57. The Labute approximate surface area is 175 Å². The molecule has 4 rings (SSSR count). The van der Waals surface area contributed by atoms with Gasteiger partial charge in [0.2, 0.25) is 0 Å². The van der Waals surface area contributed by atoms with Gasteiger partial charge in [-0.2, -0.15) is 5.10 Å². The number of aromatic nitrogens is 1. The number of fused-ring (bicyclic) bond motifs is 1. The van der Waals surface area contributed by atoms with E-state index in [4.69, 9.17) is 11.6 Å². The first kappa shape index (κ1) is 19.6. The quantitative estimate of drug-likeness (QED) is 0.485. The Kier molecular flexibility index (Phi) is 6.24. The van der Waals surface area contributed by atoms with Crippen LogP contribution in [-0.4, -0.2) is 59.6 Å². The second-order valence-electron chi connectivity index (χ2n) is 7.26. The smallest absolute Gasteiger partial charge is 0.254 e. The number of aromatic amines is 1. The lowest BCUT2D eigenvalue weighted by molar-refractivity contribution is -0.122. The molecule has 0 spiro atoms. The molecule has 1 aliphatic rings. The summed E-state index contributed by atoms with van der Waals surface area (Å²) in [5.74, 6) is -0.0905. The summed E-state index contributed by atoms with van der Waals surface area (Å²) in [4.78, 5) is 20.0. The molecule has 6 nitrogen and oxygen atoms in total. The summed E-state index contributed by atoms with van der Waals surface area (Å²) in [5, 5.41) is 5.96. The molecule has 2 N–H and O–H groups in total. The molecule has 1 fully saturated rings. The van der Waals surface area contributed by atoms with Crippen molar-refractivity contribution < 1.29 is 4.79 Å². The molecule has 3 aromatic rings. The third-order valence-corrected chi connectivity index (χ3v) is 5.42. The first-order valence-electron chi connectivity index (χ1n) is 9.74. The lowest BCUT2D eigenvalue weighted by Gasteiger charge is -2.34. The van der Waals surface area contributed by atoms with Crippen LogP contribution in [-0.2, 0) is 11.3 Å². The standard InChI is InChI=1S/C22H24ClN5O/c23-19-7-5-17(6-8-19)15-27-9-11-28(12-10-27)16-22(29)26-25-14-18-13-24-21-4-2-1-3-20(18)21/h1-8,13-14,24H,9-12,15-16H2,(H,26,29)/b25-14-. The van der Waals surface area contributed by atoms with Crippen LogP contribution in [0.4, 0.5) is 0 Å². The third-order valence-electron chi connectivity index (χ3n) is 5.17. The van der Waals surface area contributed by atoms with Crippen molar-refractivity contribution in [2.45, 2.75) is 6.54 Å². The largest absolute Gasteiger partial charge is 0.361 e. The molecule has 2 heterocycles. The van der Waals surface area contributed by atoms with Crippen LogP contribution in [0.25, 0.3) is 10.9 Å². The highest BCUT2D eigenvalue weighted by molar-refractivity contribution is 6.30. The molecule has 1 amide bonds. The highest BCUT2D eigenvalue weighted by Gasteiger charge is 2.18. The van der Waals surface area contributed by atoms with E-state index in [0.29, 0.717) is 6.54 Å². The number of carbonyl (C=O) groups excluding carboxylic acids is 1. The zero-order valence-corrected chi connectivity index (χ0v) is 16.9. The zero-order chi connectivity index (χ0) is 20.1. The maximum Gasteiger partial charge on any atom is 0.254 e. The van der Waals surface area contributed by atoms with Crippen molar-refractivity contribution in [2.24, 2.45) is 5.10 Å². The molecule has 0 radical (unpaired) electrons. The predicted molar refractivity (Wildman–Crippen MR) is 117 cm³/mol. The van der Waals surface area contributed by atoms with E-state index < -0.39 is 0 Å². The number of nitrogens with zero attached hydrogens (tertiary/aromatic N) is 3. The van der Waals surface area contributed by atoms with Crippen LogP contribution in [0.5, 0.6) is 0 Å². The molecule has 1 saturated heterocycles. The fraction of sp³-hybridized carbons (Fsp3) is 0.273. The molecule has 29 heavy (non-hydrogen) atoms. The number of carbonyl (C=O) groups is 1. The Morgan fingerprint density at radius 3 is 2.59 bits per heavy atom. The highest BCUT2D eigenvalue weighted by atomic mass is 35.5. The molecule has 0 bridgehead atoms. The van der Waals surface area contributed by atoms with Gasteiger partial charge >= 0.3 is 0 Å². The van der Waals surface area contributed by atoms with Gasteiger partial charge in [-0.15, -0.1) is 0 Å². The molecule has 1 aromatic heterocycles. The van der Waals surface area contributed by atoms with Crippen molar-refractivity contribution in [3.8, 4) is 0 Å². The summed E-state index contributed by atoms with van der Waals surface area (Å²) < 4.78 is 0. The van der Waals surface area contributed by atoms with Gasteiger partial charge in [-0.1, -0.05) is 41.9 Å². The number of benzene rings is 2. The average molecular weight is 410 g/mol. The SMILES string of the molecule is O=C(CN1CCN(Cc2ccc(Cl)cc2)CC1)N/N=C\c1c[nH]c2ccccc12. The van der Waals surface area contributed by atoms with E-state index in [1.807, 2.05) is 42.6 Å². The fourth-order valence-corrected chi connectivity index (χ4v) is 3.69. The monoisotopic (exact) mass is 409 g/mol. The summed E-state index contributed by atoms with van der Waals surface area (Å²) in [7, 11) is 0. The van der Waals surface area contributed by atoms with Crippen LogP contribution in [0, 0.1) is 0 Å². The minimum absolute atomic E-state index is 0.0905. The summed E-state index contributed by atoms with van der Waals surface area (Å²) in [6, 6.07) is 16.0. The van der Waals surface area contributed by atoms with Crippen molar-refractivity contribution in [3.63, 3.8) is 0 Å². The Bertz CT molecular complexity index is 990. The van der Waals surface area contributed by atoms with E-state index in [9.17, 15) is 4.79 Å². The molecule has 0 unspecified atom stereocenters. The first-order valence-corrected chi connectivity index (χ1v) is 10.1. The molecule has 1 aliphatic heterocycles. The molecule has 150 valence electrons. The lowest BCUT2D eigenvalue weighted by Crippen LogP contribution is -2.48. The van der Waals surface area contributed by atoms with Crippen molar-refractivity contribution in [1.82, 2.24) is 20.2 Å². The van der Waals surface area contributed by atoms with Gasteiger partial charge in [0.05, 0.1) is 12.8 Å². The summed E-state index contributed by atoms with van der Waals surface area (Å²) in [6.07, 6.45) is 3.57. The molecule has 0 aliphatic carbocycles. The van der Waals surface area contributed by atoms with E-state index in [-0.39, 0.29) is 5.91 Å². The number of hydrogen-bond donors (Lipinski definition) is 2. The normalized spacial score (nSPS) is 15.9. The van der Waals surface area contributed by atoms with E-state index in [2.05, 4.69) is 37.4 Å². The van der Waals surface area contributed by atoms with Crippen molar-refractivity contribution in [1.29, 1.82) is 0 Å². The minimum Gasteiger partial charge on any atom is -0.361 e.